The zero-order chi connectivity index (χ0) is 27.2. The third kappa shape index (κ3) is 6.79. The number of benzene rings is 2. The molecular formula is C27H32N4O6S. The number of ether oxygens (including phenoxy) is 3. The number of carbonyl (C=O) groups is 2. The van der Waals surface area contributed by atoms with Crippen molar-refractivity contribution in [3.8, 4) is 0 Å². The lowest BCUT2D eigenvalue weighted by molar-refractivity contribution is -0.268. The first-order valence-electron chi connectivity index (χ1n) is 12.3. The number of aryl methyl sites for hydroxylation is 1. The molecule has 1 fully saturated rings. The highest BCUT2D eigenvalue weighted by molar-refractivity contribution is 7.99. The number of thioether (sulfide) groups is 1. The molecule has 0 aliphatic carbocycles. The second kappa shape index (κ2) is 12.5. The topological polar surface area (TPSA) is 125 Å². The fourth-order valence-electron chi connectivity index (χ4n) is 4.14. The molecule has 1 saturated heterocycles. The van der Waals surface area contributed by atoms with Crippen LogP contribution in [0.4, 0.5) is 5.69 Å². The summed E-state index contributed by atoms with van der Waals surface area (Å²) in [6.07, 6.45) is -0.261. The van der Waals surface area contributed by atoms with E-state index in [0.717, 1.165) is 21.8 Å². The predicted octanol–water partition coefficient (Wildman–Crippen LogP) is 3.78. The second-order valence-electron chi connectivity index (χ2n) is 9.22. The van der Waals surface area contributed by atoms with E-state index in [9.17, 15) is 14.7 Å². The highest BCUT2D eigenvalue weighted by Crippen LogP contribution is 2.43. The molecule has 1 aliphatic rings. The Morgan fingerprint density at radius 1 is 1.13 bits per heavy atom. The van der Waals surface area contributed by atoms with Gasteiger partial charge in [-0.25, -0.2) is 0 Å². The third-order valence-corrected chi connectivity index (χ3v) is 7.46. The summed E-state index contributed by atoms with van der Waals surface area (Å²) in [7, 11) is 1.90. The number of esters is 1. The standard InChI is InChI=1S/C27H32N4O6S/c1-16-23(14-38-27-30-28-15-31(27)4)36-26(37-24(16)20-7-5-19(13-32)6-8-20)21-9-11-22(12-10-21)29-25(34)17(2)35-18(3)33/h5-12,15-17,23-24,26,32H,13-14H2,1-4H3,(H,29,34). The van der Waals surface area contributed by atoms with Crippen molar-refractivity contribution >= 4 is 29.3 Å². The average molecular weight is 541 g/mol. The third-order valence-electron chi connectivity index (χ3n) is 6.33. The average Bonchev–Trinajstić information content (AvgIpc) is 3.32. The number of rotatable bonds is 9. The number of aliphatic hydroxyl groups excluding tert-OH is 1. The molecule has 202 valence electrons. The normalized spacial score (nSPS) is 22.0. The van der Waals surface area contributed by atoms with Crippen molar-refractivity contribution < 1.29 is 28.9 Å². The molecule has 1 aromatic heterocycles. The Morgan fingerprint density at radius 2 is 1.82 bits per heavy atom. The first-order chi connectivity index (χ1) is 18.2. The summed E-state index contributed by atoms with van der Waals surface area (Å²) in [6.45, 7) is 4.86. The van der Waals surface area contributed by atoms with Crippen LogP contribution in [-0.4, -0.2) is 49.7 Å². The van der Waals surface area contributed by atoms with Gasteiger partial charge in [-0.15, -0.1) is 10.2 Å². The Balaban J connectivity index is 1.52. The van der Waals surface area contributed by atoms with E-state index in [1.807, 2.05) is 48.0 Å². The van der Waals surface area contributed by atoms with Crippen LogP contribution in [0.1, 0.15) is 49.9 Å². The number of anilines is 1. The Morgan fingerprint density at radius 3 is 2.42 bits per heavy atom. The van der Waals surface area contributed by atoms with Crippen LogP contribution in [0.15, 0.2) is 60.0 Å². The maximum Gasteiger partial charge on any atom is 0.303 e. The highest BCUT2D eigenvalue weighted by Gasteiger charge is 2.38. The van der Waals surface area contributed by atoms with Crippen LogP contribution in [0.3, 0.4) is 0 Å². The van der Waals surface area contributed by atoms with Gasteiger partial charge in [0.15, 0.2) is 17.6 Å². The fourth-order valence-corrected chi connectivity index (χ4v) is 5.19. The van der Waals surface area contributed by atoms with Gasteiger partial charge in [0.25, 0.3) is 5.91 Å². The number of aliphatic hydroxyl groups is 1. The molecule has 38 heavy (non-hydrogen) atoms. The van der Waals surface area contributed by atoms with Gasteiger partial charge in [-0.3, -0.25) is 9.59 Å². The van der Waals surface area contributed by atoms with Crippen molar-refractivity contribution in [3.05, 3.63) is 71.5 Å². The van der Waals surface area contributed by atoms with Crippen molar-refractivity contribution in [2.45, 2.75) is 57.1 Å². The van der Waals surface area contributed by atoms with Gasteiger partial charge in [-0.1, -0.05) is 55.1 Å². The number of aromatic nitrogens is 3. The van der Waals surface area contributed by atoms with Gasteiger partial charge in [0, 0.05) is 36.9 Å². The molecule has 1 aliphatic heterocycles. The van der Waals surface area contributed by atoms with Crippen LogP contribution < -0.4 is 5.32 Å². The first kappa shape index (κ1) is 27.8. The summed E-state index contributed by atoms with van der Waals surface area (Å²) < 4.78 is 19.7. The molecule has 0 bridgehead atoms. The van der Waals surface area contributed by atoms with Crippen LogP contribution in [-0.2, 0) is 37.5 Å². The van der Waals surface area contributed by atoms with Crippen LogP contribution in [0.2, 0.25) is 0 Å². The molecule has 3 aromatic rings. The maximum absolute atomic E-state index is 12.3. The van der Waals surface area contributed by atoms with Crippen LogP contribution in [0.25, 0.3) is 0 Å². The van der Waals surface area contributed by atoms with Crippen molar-refractivity contribution in [2.75, 3.05) is 11.1 Å². The Labute approximate surface area is 225 Å². The van der Waals surface area contributed by atoms with Crippen molar-refractivity contribution in [3.63, 3.8) is 0 Å². The molecule has 2 aromatic carbocycles. The number of nitrogens with one attached hydrogen (secondary N) is 1. The molecule has 0 saturated carbocycles. The minimum absolute atomic E-state index is 0.0212. The highest BCUT2D eigenvalue weighted by atomic mass is 32.2. The number of hydrogen-bond donors (Lipinski definition) is 2. The zero-order valence-corrected chi connectivity index (χ0v) is 22.6. The molecule has 10 nitrogen and oxygen atoms in total. The van der Waals surface area contributed by atoms with Crippen molar-refractivity contribution in [2.24, 2.45) is 13.0 Å². The SMILES string of the molecule is CC(=O)OC(C)C(=O)Nc1ccc(C2OC(CSc3nncn3C)C(C)C(c3ccc(CO)cc3)O2)cc1. The van der Waals surface area contributed by atoms with E-state index in [0.29, 0.717) is 11.4 Å². The van der Waals surface area contributed by atoms with Gasteiger partial charge >= 0.3 is 5.97 Å². The maximum atomic E-state index is 12.3. The molecule has 11 heteroatoms. The molecule has 0 radical (unpaired) electrons. The Bertz CT molecular complexity index is 1230. The molecule has 2 heterocycles. The van der Waals surface area contributed by atoms with Gasteiger partial charge in [0.05, 0.1) is 18.8 Å². The molecule has 2 N–H and O–H groups in total. The lowest BCUT2D eigenvalue weighted by Gasteiger charge is -2.41. The minimum Gasteiger partial charge on any atom is -0.453 e. The van der Waals surface area contributed by atoms with Crippen molar-refractivity contribution in [1.29, 1.82) is 0 Å². The number of carbonyl (C=O) groups excluding carboxylic acids is 2. The summed E-state index contributed by atoms with van der Waals surface area (Å²) >= 11 is 1.57. The van der Waals surface area contributed by atoms with Gasteiger partial charge in [0.2, 0.25) is 0 Å². The van der Waals surface area contributed by atoms with E-state index in [1.165, 1.54) is 13.8 Å². The Kier molecular flexibility index (Phi) is 9.16. The Hall–Kier alpha value is -3.25. The van der Waals surface area contributed by atoms with E-state index in [1.54, 1.807) is 30.2 Å². The quantitative estimate of drug-likeness (QED) is 0.308. The lowest BCUT2D eigenvalue weighted by Crippen LogP contribution is -2.38. The van der Waals surface area contributed by atoms with Gasteiger partial charge in [0.1, 0.15) is 6.33 Å². The molecule has 5 atom stereocenters. The van der Waals surface area contributed by atoms with Crippen LogP contribution in [0, 0.1) is 5.92 Å². The van der Waals surface area contributed by atoms with Crippen molar-refractivity contribution in [1.82, 2.24) is 14.8 Å². The van der Waals surface area contributed by atoms with E-state index in [-0.39, 0.29) is 24.7 Å². The van der Waals surface area contributed by atoms with Crippen LogP contribution >= 0.6 is 11.8 Å². The predicted molar refractivity (Wildman–Crippen MR) is 141 cm³/mol. The number of amides is 1. The lowest BCUT2D eigenvalue weighted by atomic mass is 9.91. The van der Waals surface area contributed by atoms with E-state index >= 15 is 0 Å². The van der Waals surface area contributed by atoms with Gasteiger partial charge < -0.3 is 29.2 Å². The summed E-state index contributed by atoms with van der Waals surface area (Å²) in [5.41, 5.74) is 3.20. The van der Waals surface area contributed by atoms with Crippen LogP contribution in [0.5, 0.6) is 0 Å². The van der Waals surface area contributed by atoms with Gasteiger partial charge in [-0.2, -0.15) is 0 Å². The molecule has 4 rings (SSSR count). The summed E-state index contributed by atoms with van der Waals surface area (Å²) in [6, 6.07) is 14.9. The summed E-state index contributed by atoms with van der Waals surface area (Å²) in [5.74, 6) is -0.246. The zero-order valence-electron chi connectivity index (χ0n) is 21.7. The van der Waals surface area contributed by atoms with E-state index in [4.69, 9.17) is 14.2 Å². The monoisotopic (exact) mass is 540 g/mol. The largest absolute Gasteiger partial charge is 0.453 e. The number of nitrogens with zero attached hydrogens (tertiary/aromatic N) is 3. The van der Waals surface area contributed by atoms with E-state index in [2.05, 4.69) is 22.4 Å². The molecule has 1 amide bonds. The molecule has 0 spiro atoms. The number of hydrogen-bond acceptors (Lipinski definition) is 9. The minimum atomic E-state index is -0.899. The summed E-state index contributed by atoms with van der Waals surface area (Å²) in [4.78, 5) is 23.4. The first-order valence-corrected chi connectivity index (χ1v) is 13.3. The smallest absolute Gasteiger partial charge is 0.303 e. The van der Waals surface area contributed by atoms with Gasteiger partial charge in [-0.05, 0) is 30.2 Å². The van der Waals surface area contributed by atoms with E-state index < -0.39 is 24.3 Å². The molecule has 5 unspecified atom stereocenters. The summed E-state index contributed by atoms with van der Waals surface area (Å²) in [5, 5.41) is 21.1. The molecular weight excluding hydrogens is 508 g/mol. The second-order valence-corrected chi connectivity index (χ2v) is 10.2. The fraction of sp³-hybridized carbons (Fsp3) is 0.407.